The molecule has 4 unspecified atom stereocenters. The number of carbonyl (C=O) groups excluding carboxylic acids is 1. The third-order valence-corrected chi connectivity index (χ3v) is 6.02. The van der Waals surface area contributed by atoms with Crippen molar-refractivity contribution in [2.75, 3.05) is 5.75 Å². The van der Waals surface area contributed by atoms with Crippen LogP contribution in [-0.4, -0.2) is 45.1 Å². The van der Waals surface area contributed by atoms with E-state index < -0.39 is 17.4 Å². The number of hydrogen-bond acceptors (Lipinski definition) is 4. The summed E-state index contributed by atoms with van der Waals surface area (Å²) in [6.07, 6.45) is 4.33. The molecule has 0 aromatic heterocycles. The van der Waals surface area contributed by atoms with E-state index in [1.54, 1.807) is 16.7 Å². The minimum atomic E-state index is -0.903. The van der Waals surface area contributed by atoms with Crippen molar-refractivity contribution in [3.8, 4) is 0 Å². The average molecular weight is 300 g/mol. The van der Waals surface area contributed by atoms with Crippen molar-refractivity contribution in [1.29, 1.82) is 0 Å². The van der Waals surface area contributed by atoms with Gasteiger partial charge in [0.15, 0.2) is 0 Å². The molecule has 2 rings (SSSR count). The first-order valence-corrected chi connectivity index (χ1v) is 8.39. The molecule has 0 aromatic rings. The number of amides is 1. The second kappa shape index (κ2) is 5.93. The Kier molecular flexibility index (Phi) is 4.64. The van der Waals surface area contributed by atoms with E-state index in [9.17, 15) is 14.7 Å². The van der Waals surface area contributed by atoms with E-state index in [0.29, 0.717) is 5.75 Å². The number of carboxylic acid groups (broad SMARTS) is 1. The third kappa shape index (κ3) is 2.55. The van der Waals surface area contributed by atoms with Crippen LogP contribution in [0.1, 0.15) is 46.0 Å². The summed E-state index contributed by atoms with van der Waals surface area (Å²) in [4.78, 5) is 26.0. The lowest BCUT2D eigenvalue weighted by Crippen LogP contribution is -2.55. The number of aliphatic carboxylic acids is 1. The molecule has 1 aliphatic heterocycles. The molecule has 0 aromatic carbocycles. The molecule has 2 aliphatic rings. The molecule has 0 radical (unpaired) electrons. The highest BCUT2D eigenvalue weighted by Crippen LogP contribution is 2.42. The molecule has 0 bridgehead atoms. The zero-order valence-corrected chi connectivity index (χ0v) is 13.0. The van der Waals surface area contributed by atoms with Crippen LogP contribution in [0.15, 0.2) is 0 Å². The van der Waals surface area contributed by atoms with Gasteiger partial charge in [-0.05, 0) is 26.2 Å². The lowest BCUT2D eigenvalue weighted by atomic mass is 9.83. The van der Waals surface area contributed by atoms with Gasteiger partial charge in [-0.3, -0.25) is 4.79 Å². The monoisotopic (exact) mass is 300 g/mol. The Morgan fingerprint density at radius 1 is 1.50 bits per heavy atom. The van der Waals surface area contributed by atoms with E-state index in [4.69, 9.17) is 5.73 Å². The highest BCUT2D eigenvalue weighted by Gasteiger charge is 2.51. The molecule has 1 heterocycles. The van der Waals surface area contributed by atoms with Crippen molar-refractivity contribution in [2.45, 2.75) is 63.4 Å². The molecular formula is C14H24N2O3S. The van der Waals surface area contributed by atoms with Gasteiger partial charge in [-0.2, -0.15) is 0 Å². The maximum absolute atomic E-state index is 12.9. The minimum absolute atomic E-state index is 0.0155. The van der Waals surface area contributed by atoms with E-state index in [1.807, 2.05) is 6.92 Å². The van der Waals surface area contributed by atoms with Crippen LogP contribution in [-0.2, 0) is 9.59 Å². The van der Waals surface area contributed by atoms with Crippen LogP contribution < -0.4 is 5.73 Å². The molecule has 1 saturated carbocycles. The van der Waals surface area contributed by atoms with Gasteiger partial charge in [-0.25, -0.2) is 4.79 Å². The lowest BCUT2D eigenvalue weighted by molar-refractivity contribution is -0.154. The fourth-order valence-corrected chi connectivity index (χ4v) is 4.76. The molecule has 20 heavy (non-hydrogen) atoms. The topological polar surface area (TPSA) is 83.6 Å². The molecule has 2 fully saturated rings. The lowest BCUT2D eigenvalue weighted by Gasteiger charge is -2.36. The predicted octanol–water partition coefficient (Wildman–Crippen LogP) is 1.66. The van der Waals surface area contributed by atoms with Gasteiger partial charge in [-0.1, -0.05) is 19.8 Å². The second-order valence-corrected chi connectivity index (χ2v) is 7.27. The third-order valence-electron chi connectivity index (χ3n) is 4.67. The van der Waals surface area contributed by atoms with Crippen molar-refractivity contribution in [3.05, 3.63) is 0 Å². The van der Waals surface area contributed by atoms with Gasteiger partial charge < -0.3 is 15.7 Å². The van der Waals surface area contributed by atoms with Crippen molar-refractivity contribution < 1.29 is 14.7 Å². The van der Waals surface area contributed by atoms with Crippen LogP contribution in [0.4, 0.5) is 0 Å². The Balaban J connectivity index is 2.25. The van der Waals surface area contributed by atoms with Gasteiger partial charge in [0.1, 0.15) is 6.04 Å². The Bertz CT molecular complexity index is 404. The predicted molar refractivity (Wildman–Crippen MR) is 79.4 cm³/mol. The average Bonchev–Trinajstić information content (AvgIpc) is 2.95. The highest BCUT2D eigenvalue weighted by molar-refractivity contribution is 8.00. The molecule has 5 nitrogen and oxygen atoms in total. The Morgan fingerprint density at radius 3 is 2.70 bits per heavy atom. The Morgan fingerprint density at radius 2 is 2.20 bits per heavy atom. The Labute approximate surface area is 124 Å². The van der Waals surface area contributed by atoms with Crippen molar-refractivity contribution in [1.82, 2.24) is 4.90 Å². The van der Waals surface area contributed by atoms with E-state index in [0.717, 1.165) is 32.1 Å². The molecule has 114 valence electrons. The fraction of sp³-hybridized carbons (Fsp3) is 0.857. The maximum Gasteiger partial charge on any atom is 0.327 e. The van der Waals surface area contributed by atoms with Gasteiger partial charge in [0.2, 0.25) is 5.91 Å². The first-order chi connectivity index (χ1) is 9.41. The summed E-state index contributed by atoms with van der Waals surface area (Å²) in [6, 6.07) is -0.856. The summed E-state index contributed by atoms with van der Waals surface area (Å²) in [6.45, 7) is 3.96. The maximum atomic E-state index is 12.9. The molecule has 1 aliphatic carbocycles. The normalized spacial score (nSPS) is 37.4. The van der Waals surface area contributed by atoms with Crippen LogP contribution in [0.2, 0.25) is 0 Å². The first kappa shape index (κ1) is 15.6. The second-order valence-electron chi connectivity index (χ2n) is 6.06. The van der Waals surface area contributed by atoms with Gasteiger partial charge in [-0.15, -0.1) is 11.8 Å². The number of nitrogens with zero attached hydrogens (tertiary/aromatic N) is 1. The van der Waals surface area contributed by atoms with Crippen LogP contribution in [0.25, 0.3) is 0 Å². The Hall–Kier alpha value is -0.750. The standard InChI is InChI=1S/C14H24N2O3S/c1-3-5-11-16(9(8-20-11)12(17)18)13(19)14(2)7-4-6-10(14)15/h9-11H,3-8,15H2,1-2H3,(H,17,18). The summed E-state index contributed by atoms with van der Waals surface area (Å²) >= 11 is 1.58. The molecule has 6 heteroatoms. The number of hydrogen-bond donors (Lipinski definition) is 2. The van der Waals surface area contributed by atoms with Crippen molar-refractivity contribution in [3.63, 3.8) is 0 Å². The highest BCUT2D eigenvalue weighted by atomic mass is 32.2. The van der Waals surface area contributed by atoms with Crippen LogP contribution in [0.5, 0.6) is 0 Å². The number of carbonyl (C=O) groups is 2. The van der Waals surface area contributed by atoms with Crippen LogP contribution >= 0.6 is 11.8 Å². The summed E-state index contributed by atoms with van der Waals surface area (Å²) < 4.78 is 0. The largest absolute Gasteiger partial charge is 0.480 e. The van der Waals surface area contributed by atoms with E-state index >= 15 is 0 Å². The molecule has 3 N–H and O–H groups in total. The van der Waals surface area contributed by atoms with Gasteiger partial charge in [0.05, 0.1) is 10.8 Å². The number of nitrogens with two attached hydrogens (primary N) is 1. The molecule has 1 saturated heterocycles. The molecule has 0 spiro atoms. The number of thioether (sulfide) groups is 1. The van der Waals surface area contributed by atoms with Gasteiger partial charge >= 0.3 is 5.97 Å². The smallest absolute Gasteiger partial charge is 0.327 e. The zero-order chi connectivity index (χ0) is 14.9. The summed E-state index contributed by atoms with van der Waals surface area (Å²) in [5.74, 6) is -0.477. The SMILES string of the molecule is CCCC1SCC(C(=O)O)N1C(=O)C1(C)CCCC1N. The summed E-state index contributed by atoms with van der Waals surface area (Å²) in [5.41, 5.74) is 5.53. The number of rotatable bonds is 4. The van der Waals surface area contributed by atoms with Crippen LogP contribution in [0, 0.1) is 5.41 Å². The van der Waals surface area contributed by atoms with Gasteiger partial charge in [0, 0.05) is 11.8 Å². The zero-order valence-electron chi connectivity index (χ0n) is 12.2. The summed E-state index contributed by atoms with van der Waals surface area (Å²) in [5, 5.41) is 9.36. The van der Waals surface area contributed by atoms with E-state index in [1.165, 1.54) is 0 Å². The molecule has 4 atom stereocenters. The fourth-order valence-electron chi connectivity index (χ4n) is 3.25. The quantitative estimate of drug-likeness (QED) is 0.825. The number of carboxylic acids is 1. The minimum Gasteiger partial charge on any atom is -0.480 e. The van der Waals surface area contributed by atoms with Crippen molar-refractivity contribution >= 4 is 23.6 Å². The van der Waals surface area contributed by atoms with E-state index in [2.05, 4.69) is 6.92 Å². The first-order valence-electron chi connectivity index (χ1n) is 7.34. The summed E-state index contributed by atoms with van der Waals surface area (Å²) in [7, 11) is 0. The molecule has 1 amide bonds. The van der Waals surface area contributed by atoms with Crippen molar-refractivity contribution in [2.24, 2.45) is 11.1 Å². The van der Waals surface area contributed by atoms with Gasteiger partial charge in [0.25, 0.3) is 0 Å². The van der Waals surface area contributed by atoms with E-state index in [-0.39, 0.29) is 17.3 Å². The van der Waals surface area contributed by atoms with Crippen LogP contribution in [0.3, 0.4) is 0 Å². The molecular weight excluding hydrogens is 276 g/mol.